The van der Waals surface area contributed by atoms with Gasteiger partial charge in [0.05, 0.1) is 7.11 Å². The number of nitrogens with one attached hydrogen (secondary N) is 2. The van der Waals surface area contributed by atoms with Gasteiger partial charge in [0.2, 0.25) is 0 Å². The van der Waals surface area contributed by atoms with E-state index in [-0.39, 0.29) is 0 Å². The van der Waals surface area contributed by atoms with E-state index in [4.69, 9.17) is 4.84 Å². The minimum Gasteiger partial charge on any atom is -0.313 e. The molecule has 1 aliphatic rings. The highest BCUT2D eigenvalue weighted by Gasteiger charge is 2.16. The highest BCUT2D eigenvalue weighted by atomic mass is 16.6. The van der Waals surface area contributed by atoms with Gasteiger partial charge >= 0.3 is 0 Å². The van der Waals surface area contributed by atoms with Gasteiger partial charge in [0.25, 0.3) is 0 Å². The predicted octanol–water partition coefficient (Wildman–Crippen LogP) is 0.278. The number of hydrogen-bond donors (Lipinski definition) is 2. The zero-order valence-electron chi connectivity index (χ0n) is 6.68. The lowest BCUT2D eigenvalue weighted by Gasteiger charge is -2.27. The van der Waals surface area contributed by atoms with Gasteiger partial charge in [-0.2, -0.15) is 5.48 Å². The van der Waals surface area contributed by atoms with Crippen molar-refractivity contribution in [3.8, 4) is 0 Å². The first-order valence-corrected chi connectivity index (χ1v) is 3.85. The molecule has 1 rings (SSSR count). The summed E-state index contributed by atoms with van der Waals surface area (Å²) >= 11 is 0. The Morgan fingerprint density at radius 2 is 2.30 bits per heavy atom. The summed E-state index contributed by atoms with van der Waals surface area (Å²) in [7, 11) is 1.66. The second-order valence-electron chi connectivity index (χ2n) is 2.91. The smallest absolute Gasteiger partial charge is 0.0572 e. The fraction of sp³-hybridized carbons (Fsp3) is 1.00. The molecule has 0 radical (unpaired) electrons. The lowest BCUT2D eigenvalue weighted by Crippen LogP contribution is -2.46. The summed E-state index contributed by atoms with van der Waals surface area (Å²) in [5.41, 5.74) is 2.94. The van der Waals surface area contributed by atoms with Gasteiger partial charge in [0, 0.05) is 18.6 Å². The van der Waals surface area contributed by atoms with Crippen molar-refractivity contribution in [3.63, 3.8) is 0 Å². The second kappa shape index (κ2) is 3.91. The Morgan fingerprint density at radius 1 is 1.50 bits per heavy atom. The van der Waals surface area contributed by atoms with E-state index < -0.39 is 0 Å². The third kappa shape index (κ3) is 2.25. The molecule has 0 aromatic carbocycles. The Bertz CT molecular complexity index is 89.6. The Hall–Kier alpha value is -0.120. The summed E-state index contributed by atoms with van der Waals surface area (Å²) in [5.74, 6) is 0. The lowest BCUT2D eigenvalue weighted by molar-refractivity contribution is 0.0499. The Morgan fingerprint density at radius 3 is 2.80 bits per heavy atom. The van der Waals surface area contributed by atoms with Crippen LogP contribution in [0.4, 0.5) is 0 Å². The number of piperidine rings is 1. The van der Waals surface area contributed by atoms with Crippen LogP contribution in [0.25, 0.3) is 0 Å². The zero-order valence-corrected chi connectivity index (χ0v) is 6.68. The van der Waals surface area contributed by atoms with Crippen molar-refractivity contribution in [1.29, 1.82) is 0 Å². The third-order valence-corrected chi connectivity index (χ3v) is 1.95. The van der Waals surface area contributed by atoms with Crippen molar-refractivity contribution >= 4 is 0 Å². The van der Waals surface area contributed by atoms with Gasteiger partial charge in [0.1, 0.15) is 0 Å². The van der Waals surface area contributed by atoms with Crippen LogP contribution in [0.5, 0.6) is 0 Å². The quantitative estimate of drug-likeness (QED) is 0.546. The van der Waals surface area contributed by atoms with E-state index >= 15 is 0 Å². The summed E-state index contributed by atoms with van der Waals surface area (Å²) in [6.07, 6.45) is 2.45. The minimum atomic E-state index is 0.501. The molecule has 0 unspecified atom stereocenters. The van der Waals surface area contributed by atoms with Crippen LogP contribution < -0.4 is 10.8 Å². The fourth-order valence-corrected chi connectivity index (χ4v) is 1.27. The van der Waals surface area contributed by atoms with Gasteiger partial charge in [-0.25, -0.2) is 0 Å². The van der Waals surface area contributed by atoms with Gasteiger partial charge in [-0.15, -0.1) is 0 Å². The van der Waals surface area contributed by atoms with Crippen LogP contribution in [0.3, 0.4) is 0 Å². The summed E-state index contributed by atoms with van der Waals surface area (Å²) in [5, 5.41) is 3.37. The summed E-state index contributed by atoms with van der Waals surface area (Å²) in [6, 6.07) is 1.18. The summed E-state index contributed by atoms with van der Waals surface area (Å²) < 4.78 is 0. The molecule has 0 aromatic heterocycles. The monoisotopic (exact) mass is 144 g/mol. The summed E-state index contributed by atoms with van der Waals surface area (Å²) in [6.45, 7) is 3.23. The predicted molar refractivity (Wildman–Crippen MR) is 40.6 cm³/mol. The highest BCUT2D eigenvalue weighted by Crippen LogP contribution is 2.06. The van der Waals surface area contributed by atoms with Crippen LogP contribution in [0.2, 0.25) is 0 Å². The van der Waals surface area contributed by atoms with Crippen LogP contribution in [0, 0.1) is 0 Å². The maximum absolute atomic E-state index is 4.83. The average Bonchev–Trinajstić information content (AvgIpc) is 1.95. The molecule has 1 heterocycles. The first-order chi connectivity index (χ1) is 4.83. The largest absolute Gasteiger partial charge is 0.313 e. The van der Waals surface area contributed by atoms with Crippen LogP contribution in [0.1, 0.15) is 19.8 Å². The van der Waals surface area contributed by atoms with E-state index in [1.54, 1.807) is 7.11 Å². The lowest BCUT2D eigenvalue weighted by atomic mass is 10.0. The van der Waals surface area contributed by atoms with Crippen LogP contribution in [-0.2, 0) is 4.84 Å². The standard InChI is InChI=1S/C7H16N2O/c1-6-3-4-7(5-8-6)9-10-2/h6-9H,3-5H2,1-2H3/t6-,7-/m1/s1. The molecule has 0 saturated carbocycles. The van der Waals surface area contributed by atoms with Gasteiger partial charge in [0.15, 0.2) is 0 Å². The van der Waals surface area contributed by atoms with Crippen molar-refractivity contribution < 1.29 is 4.84 Å². The molecule has 0 amide bonds. The van der Waals surface area contributed by atoms with Gasteiger partial charge in [-0.1, -0.05) is 0 Å². The molecule has 0 aromatic rings. The molecule has 3 heteroatoms. The van der Waals surface area contributed by atoms with Crippen LogP contribution >= 0.6 is 0 Å². The number of hydrogen-bond acceptors (Lipinski definition) is 3. The SMILES string of the molecule is CON[C@@H]1CC[C@@H](C)NC1. The molecule has 2 atom stereocenters. The molecule has 2 N–H and O–H groups in total. The molecule has 0 bridgehead atoms. The molecule has 3 nitrogen and oxygen atoms in total. The fourth-order valence-electron chi connectivity index (χ4n) is 1.27. The molecule has 1 saturated heterocycles. The summed E-state index contributed by atoms with van der Waals surface area (Å²) in [4.78, 5) is 4.83. The molecular formula is C7H16N2O. The van der Waals surface area contributed by atoms with Gasteiger partial charge in [-0.05, 0) is 19.8 Å². The van der Waals surface area contributed by atoms with E-state index in [1.165, 1.54) is 12.8 Å². The number of rotatable bonds is 2. The highest BCUT2D eigenvalue weighted by molar-refractivity contribution is 4.76. The Kier molecular flexibility index (Phi) is 3.12. The van der Waals surface area contributed by atoms with Crippen LogP contribution in [-0.4, -0.2) is 25.7 Å². The molecule has 60 valence electrons. The molecule has 10 heavy (non-hydrogen) atoms. The molecule has 0 aliphatic carbocycles. The van der Waals surface area contributed by atoms with Crippen molar-refractivity contribution in [3.05, 3.63) is 0 Å². The van der Waals surface area contributed by atoms with Crippen molar-refractivity contribution in [2.75, 3.05) is 13.7 Å². The van der Waals surface area contributed by atoms with E-state index in [0.29, 0.717) is 12.1 Å². The zero-order chi connectivity index (χ0) is 7.40. The van der Waals surface area contributed by atoms with Crippen molar-refractivity contribution in [2.24, 2.45) is 0 Å². The maximum atomic E-state index is 4.83. The van der Waals surface area contributed by atoms with E-state index in [1.807, 2.05) is 0 Å². The first kappa shape index (κ1) is 7.98. The van der Waals surface area contributed by atoms with Crippen molar-refractivity contribution in [1.82, 2.24) is 10.8 Å². The Labute approximate surface area is 62.1 Å². The molecule has 1 aliphatic heterocycles. The second-order valence-corrected chi connectivity index (χ2v) is 2.91. The molecular weight excluding hydrogens is 128 g/mol. The Balaban J connectivity index is 2.13. The van der Waals surface area contributed by atoms with E-state index in [0.717, 1.165) is 6.54 Å². The first-order valence-electron chi connectivity index (χ1n) is 3.85. The maximum Gasteiger partial charge on any atom is 0.0572 e. The third-order valence-electron chi connectivity index (χ3n) is 1.95. The van der Waals surface area contributed by atoms with E-state index in [2.05, 4.69) is 17.7 Å². The number of hydroxylamine groups is 1. The minimum absolute atomic E-state index is 0.501. The van der Waals surface area contributed by atoms with E-state index in [9.17, 15) is 0 Å². The van der Waals surface area contributed by atoms with Gasteiger partial charge < -0.3 is 10.2 Å². The topological polar surface area (TPSA) is 33.3 Å². The normalized spacial score (nSPS) is 34.2. The van der Waals surface area contributed by atoms with Crippen LogP contribution in [0.15, 0.2) is 0 Å². The van der Waals surface area contributed by atoms with Crippen molar-refractivity contribution in [2.45, 2.75) is 31.8 Å². The molecule has 1 fully saturated rings. The van der Waals surface area contributed by atoms with Gasteiger partial charge in [-0.3, -0.25) is 0 Å². The average molecular weight is 144 g/mol. The molecule has 0 spiro atoms.